The van der Waals surface area contributed by atoms with Crippen LogP contribution in [0.2, 0.25) is 0 Å². The van der Waals surface area contributed by atoms with Crippen molar-refractivity contribution in [3.05, 3.63) is 10.5 Å². The van der Waals surface area contributed by atoms with Crippen molar-refractivity contribution < 1.29 is 9.53 Å². The first-order chi connectivity index (χ1) is 12.1. The molecule has 0 radical (unpaired) electrons. The lowest BCUT2D eigenvalue weighted by atomic mass is 9.84. The second kappa shape index (κ2) is 8.40. The van der Waals surface area contributed by atoms with E-state index < -0.39 is 0 Å². The number of carbonyl (C=O) groups is 1. The molecule has 0 aromatic carbocycles. The number of carbonyl (C=O) groups excluding carboxylic acids is 1. The molecule has 2 aliphatic carbocycles. The molecule has 1 aromatic heterocycles. The topological polar surface area (TPSA) is 89.0 Å². The fourth-order valence-corrected chi connectivity index (χ4v) is 5.20. The van der Waals surface area contributed by atoms with E-state index >= 15 is 0 Å². The van der Waals surface area contributed by atoms with Crippen LogP contribution >= 0.6 is 11.8 Å². The molecular weight excluding hydrogens is 340 g/mol. The van der Waals surface area contributed by atoms with E-state index in [1.165, 1.54) is 37.4 Å². The molecule has 7 nitrogen and oxygen atoms in total. The van der Waals surface area contributed by atoms with Gasteiger partial charge in [0.1, 0.15) is 0 Å². The van der Waals surface area contributed by atoms with Gasteiger partial charge in [0, 0.05) is 26.3 Å². The van der Waals surface area contributed by atoms with Crippen LogP contribution in [-0.2, 0) is 16.1 Å². The summed E-state index contributed by atoms with van der Waals surface area (Å²) in [7, 11) is 1.63. The second-order valence-corrected chi connectivity index (χ2v) is 8.24. The number of thioether (sulfide) groups is 1. The number of aromatic nitrogens is 3. The quantitative estimate of drug-likeness (QED) is 0.511. The van der Waals surface area contributed by atoms with Gasteiger partial charge in [-0.05, 0) is 50.4 Å². The minimum Gasteiger partial charge on any atom is -0.385 e. The Bertz CT molecular complexity index is 644. The maximum absolute atomic E-state index is 12.3. The summed E-state index contributed by atoms with van der Waals surface area (Å²) >= 11 is 1.30. The number of hydrogen-bond donors (Lipinski definition) is 2. The number of methoxy groups -OCH3 is 1. The molecule has 1 heterocycles. The summed E-state index contributed by atoms with van der Waals surface area (Å²) in [6.07, 6.45) is 6.04. The van der Waals surface area contributed by atoms with Gasteiger partial charge in [0.2, 0.25) is 5.91 Å². The van der Waals surface area contributed by atoms with E-state index in [0.29, 0.717) is 24.2 Å². The molecule has 2 bridgehead atoms. The first kappa shape index (κ1) is 18.5. The summed E-state index contributed by atoms with van der Waals surface area (Å²) < 4.78 is 6.58. The average Bonchev–Trinajstić information content (AvgIpc) is 3.30. The molecule has 2 aliphatic rings. The Morgan fingerprint density at radius 2 is 2.32 bits per heavy atom. The van der Waals surface area contributed by atoms with Crippen LogP contribution in [0.25, 0.3) is 0 Å². The Hall–Kier alpha value is -1.28. The van der Waals surface area contributed by atoms with E-state index in [1.807, 2.05) is 0 Å². The third-order valence-electron chi connectivity index (χ3n) is 5.61. The second-order valence-electron chi connectivity index (χ2n) is 7.29. The number of rotatable bonds is 9. The maximum atomic E-state index is 12.3. The van der Waals surface area contributed by atoms with Gasteiger partial charge in [-0.1, -0.05) is 18.2 Å². The predicted molar refractivity (Wildman–Crippen MR) is 96.6 cm³/mol. The summed E-state index contributed by atoms with van der Waals surface area (Å²) in [5.41, 5.74) is -0.241. The van der Waals surface area contributed by atoms with Crippen LogP contribution in [0.3, 0.4) is 0 Å². The number of nitrogens with one attached hydrogen (secondary N) is 2. The zero-order chi connectivity index (χ0) is 17.8. The highest BCUT2D eigenvalue weighted by Crippen LogP contribution is 2.49. The molecule has 2 fully saturated rings. The number of amides is 1. The van der Waals surface area contributed by atoms with E-state index in [9.17, 15) is 9.59 Å². The van der Waals surface area contributed by atoms with Gasteiger partial charge in [0.05, 0.1) is 5.75 Å². The highest BCUT2D eigenvalue weighted by atomic mass is 32.2. The van der Waals surface area contributed by atoms with Crippen LogP contribution < -0.4 is 11.0 Å². The Morgan fingerprint density at radius 3 is 3.00 bits per heavy atom. The van der Waals surface area contributed by atoms with Crippen LogP contribution in [-0.4, -0.2) is 46.2 Å². The lowest BCUT2D eigenvalue weighted by Crippen LogP contribution is -2.41. The van der Waals surface area contributed by atoms with E-state index in [4.69, 9.17) is 4.74 Å². The minimum absolute atomic E-state index is 0.0131. The van der Waals surface area contributed by atoms with Crippen molar-refractivity contribution in [1.29, 1.82) is 0 Å². The highest BCUT2D eigenvalue weighted by Gasteiger charge is 2.42. The first-order valence-corrected chi connectivity index (χ1v) is 10.1. The number of nitrogens with zero attached hydrogens (tertiary/aromatic N) is 2. The van der Waals surface area contributed by atoms with Crippen molar-refractivity contribution in [2.45, 2.75) is 56.8 Å². The van der Waals surface area contributed by atoms with E-state index in [1.54, 1.807) is 11.7 Å². The summed E-state index contributed by atoms with van der Waals surface area (Å²) in [5.74, 6) is 2.60. The molecule has 3 rings (SSSR count). The lowest BCUT2D eigenvalue weighted by molar-refractivity contribution is -0.119. The van der Waals surface area contributed by atoms with Crippen molar-refractivity contribution in [1.82, 2.24) is 20.1 Å². The van der Waals surface area contributed by atoms with Gasteiger partial charge in [-0.15, -0.1) is 5.10 Å². The SMILES string of the molecule is COCCCn1c(SCC(=O)NC(C)C2CC3CCC2C3)n[nH]c1=O. The third kappa shape index (κ3) is 4.47. The van der Waals surface area contributed by atoms with Gasteiger partial charge < -0.3 is 10.1 Å². The maximum Gasteiger partial charge on any atom is 0.343 e. The van der Waals surface area contributed by atoms with E-state index in [2.05, 4.69) is 22.4 Å². The Labute approximate surface area is 152 Å². The molecule has 4 unspecified atom stereocenters. The summed E-state index contributed by atoms with van der Waals surface area (Å²) in [6.45, 7) is 3.25. The fourth-order valence-electron chi connectivity index (χ4n) is 4.42. The molecule has 0 saturated heterocycles. The van der Waals surface area contributed by atoms with Crippen molar-refractivity contribution >= 4 is 17.7 Å². The largest absolute Gasteiger partial charge is 0.385 e. The summed E-state index contributed by atoms with van der Waals surface area (Å²) in [6, 6.07) is 0.228. The van der Waals surface area contributed by atoms with Crippen molar-refractivity contribution in [2.75, 3.05) is 19.5 Å². The molecule has 4 atom stereocenters. The van der Waals surface area contributed by atoms with Crippen molar-refractivity contribution in [3.63, 3.8) is 0 Å². The molecule has 25 heavy (non-hydrogen) atoms. The zero-order valence-electron chi connectivity index (χ0n) is 15.0. The van der Waals surface area contributed by atoms with Gasteiger partial charge in [0.25, 0.3) is 0 Å². The smallest absolute Gasteiger partial charge is 0.343 e. The van der Waals surface area contributed by atoms with Gasteiger partial charge in [-0.3, -0.25) is 9.36 Å². The van der Waals surface area contributed by atoms with E-state index in [-0.39, 0.29) is 23.4 Å². The van der Waals surface area contributed by atoms with Crippen molar-refractivity contribution in [3.8, 4) is 0 Å². The van der Waals surface area contributed by atoms with Crippen LogP contribution in [0, 0.1) is 17.8 Å². The molecule has 140 valence electrons. The molecule has 0 spiro atoms. The monoisotopic (exact) mass is 368 g/mol. The molecule has 8 heteroatoms. The highest BCUT2D eigenvalue weighted by molar-refractivity contribution is 7.99. The molecule has 1 amide bonds. The predicted octanol–water partition coefficient (Wildman–Crippen LogP) is 1.64. The summed E-state index contributed by atoms with van der Waals surface area (Å²) in [4.78, 5) is 24.1. The van der Waals surface area contributed by atoms with Crippen LogP contribution in [0.1, 0.15) is 39.0 Å². The number of aromatic amines is 1. The number of ether oxygens (including phenoxy) is 1. The Kier molecular flexibility index (Phi) is 6.22. The molecule has 2 saturated carbocycles. The average molecular weight is 369 g/mol. The molecular formula is C17H28N4O3S. The first-order valence-electron chi connectivity index (χ1n) is 9.14. The third-order valence-corrected chi connectivity index (χ3v) is 6.59. The van der Waals surface area contributed by atoms with Crippen LogP contribution in [0.5, 0.6) is 0 Å². The van der Waals surface area contributed by atoms with E-state index in [0.717, 1.165) is 18.3 Å². The van der Waals surface area contributed by atoms with Crippen LogP contribution in [0.15, 0.2) is 9.95 Å². The lowest BCUT2D eigenvalue weighted by Gasteiger charge is -2.28. The number of H-pyrrole nitrogens is 1. The van der Waals surface area contributed by atoms with Gasteiger partial charge >= 0.3 is 5.69 Å². The summed E-state index contributed by atoms with van der Waals surface area (Å²) in [5, 5.41) is 10.2. The minimum atomic E-state index is -0.241. The van der Waals surface area contributed by atoms with Crippen LogP contribution in [0.4, 0.5) is 0 Å². The number of hydrogen-bond acceptors (Lipinski definition) is 5. The van der Waals surface area contributed by atoms with Gasteiger partial charge in [0.15, 0.2) is 5.16 Å². The molecule has 0 aliphatic heterocycles. The molecule has 2 N–H and O–H groups in total. The van der Waals surface area contributed by atoms with Crippen molar-refractivity contribution in [2.24, 2.45) is 17.8 Å². The molecule has 1 aromatic rings. The van der Waals surface area contributed by atoms with Gasteiger partial charge in [-0.25, -0.2) is 9.89 Å². The number of fused-ring (bicyclic) bond motifs is 2. The zero-order valence-corrected chi connectivity index (χ0v) is 15.8. The normalized spacial score (nSPS) is 26.1. The standard InChI is InChI=1S/C17H28N4O3S/c1-11(14-9-12-4-5-13(14)8-12)18-15(22)10-25-17-20-19-16(23)21(17)6-3-7-24-2/h11-14H,3-10H2,1-2H3,(H,18,22)(H,19,23). The Morgan fingerprint density at radius 1 is 1.48 bits per heavy atom. The Balaban J connectivity index is 1.47. The fraction of sp³-hybridized carbons (Fsp3) is 0.824. The van der Waals surface area contributed by atoms with Gasteiger partial charge in [-0.2, -0.15) is 0 Å².